The molecule has 1 fully saturated rings. The first-order chi connectivity index (χ1) is 8.15. The first-order valence-corrected chi connectivity index (χ1v) is 6.36. The van der Waals surface area contributed by atoms with Gasteiger partial charge in [-0.15, -0.1) is 0 Å². The Hall–Kier alpha value is -1.09. The third-order valence-electron chi connectivity index (χ3n) is 3.59. The van der Waals surface area contributed by atoms with Crippen LogP contribution in [-0.2, 0) is 0 Å². The fourth-order valence-corrected chi connectivity index (χ4v) is 2.57. The molecule has 2 atom stereocenters. The highest BCUT2D eigenvalue weighted by Crippen LogP contribution is 2.21. The van der Waals surface area contributed by atoms with Crippen LogP contribution in [0.2, 0.25) is 0 Å². The lowest BCUT2D eigenvalue weighted by Crippen LogP contribution is -2.39. The van der Waals surface area contributed by atoms with Crippen LogP contribution < -0.4 is 5.32 Å². The van der Waals surface area contributed by atoms with Crippen molar-refractivity contribution in [1.82, 2.24) is 4.90 Å². The highest BCUT2D eigenvalue weighted by Gasteiger charge is 2.22. The summed E-state index contributed by atoms with van der Waals surface area (Å²) in [5, 5.41) is 3.41. The van der Waals surface area contributed by atoms with Gasteiger partial charge >= 0.3 is 0 Å². The molecule has 1 saturated heterocycles. The second-order valence-electron chi connectivity index (χ2n) is 5.11. The van der Waals surface area contributed by atoms with E-state index in [1.807, 2.05) is 6.07 Å². The quantitative estimate of drug-likeness (QED) is 0.868. The van der Waals surface area contributed by atoms with Crippen LogP contribution in [0.15, 0.2) is 24.3 Å². The predicted molar refractivity (Wildman–Crippen MR) is 69.7 cm³/mol. The number of benzene rings is 1. The van der Waals surface area contributed by atoms with Crippen molar-refractivity contribution in [3.8, 4) is 0 Å². The standard InChI is InChI=1S/C14H21FN2/c1-11(12-5-4-8-17(2)10-12)16-14-7-3-6-13(15)9-14/h3,6-7,9,11-12,16H,4-5,8,10H2,1-2H3. The molecule has 1 heterocycles. The minimum absolute atomic E-state index is 0.178. The zero-order chi connectivity index (χ0) is 12.3. The number of likely N-dealkylation sites (tertiary alicyclic amines) is 1. The number of halogens is 1. The van der Waals surface area contributed by atoms with E-state index in [0.717, 1.165) is 12.2 Å². The van der Waals surface area contributed by atoms with Crippen molar-refractivity contribution in [2.75, 3.05) is 25.5 Å². The van der Waals surface area contributed by atoms with E-state index < -0.39 is 0 Å². The molecule has 1 aliphatic rings. The van der Waals surface area contributed by atoms with Gasteiger partial charge in [0.05, 0.1) is 0 Å². The molecule has 0 radical (unpaired) electrons. The molecule has 0 aliphatic carbocycles. The minimum atomic E-state index is -0.178. The maximum absolute atomic E-state index is 13.1. The van der Waals surface area contributed by atoms with Crippen molar-refractivity contribution in [3.05, 3.63) is 30.1 Å². The minimum Gasteiger partial charge on any atom is -0.382 e. The van der Waals surface area contributed by atoms with Crippen LogP contribution in [0.1, 0.15) is 19.8 Å². The molecule has 3 heteroatoms. The average molecular weight is 236 g/mol. The van der Waals surface area contributed by atoms with Crippen LogP contribution in [0.5, 0.6) is 0 Å². The number of hydrogen-bond donors (Lipinski definition) is 1. The van der Waals surface area contributed by atoms with Crippen LogP contribution in [-0.4, -0.2) is 31.1 Å². The highest BCUT2D eigenvalue weighted by molar-refractivity contribution is 5.44. The average Bonchev–Trinajstić information content (AvgIpc) is 2.29. The Labute approximate surface area is 103 Å². The number of rotatable bonds is 3. The normalized spacial score (nSPS) is 23.4. The van der Waals surface area contributed by atoms with Crippen molar-refractivity contribution in [2.24, 2.45) is 5.92 Å². The maximum Gasteiger partial charge on any atom is 0.125 e. The van der Waals surface area contributed by atoms with E-state index in [0.29, 0.717) is 12.0 Å². The molecule has 0 bridgehead atoms. The SMILES string of the molecule is CC(Nc1cccc(F)c1)C1CCCN(C)C1. The van der Waals surface area contributed by atoms with Crippen LogP contribution in [0.3, 0.4) is 0 Å². The number of nitrogens with one attached hydrogen (secondary N) is 1. The van der Waals surface area contributed by atoms with Gasteiger partial charge in [-0.05, 0) is 57.5 Å². The monoisotopic (exact) mass is 236 g/mol. The Morgan fingerprint density at radius 1 is 1.47 bits per heavy atom. The van der Waals surface area contributed by atoms with Gasteiger partial charge in [-0.25, -0.2) is 4.39 Å². The largest absolute Gasteiger partial charge is 0.382 e. The van der Waals surface area contributed by atoms with E-state index in [1.165, 1.54) is 25.5 Å². The van der Waals surface area contributed by atoms with Gasteiger partial charge in [-0.2, -0.15) is 0 Å². The fourth-order valence-electron chi connectivity index (χ4n) is 2.57. The van der Waals surface area contributed by atoms with E-state index in [-0.39, 0.29) is 5.82 Å². The molecule has 94 valence electrons. The Morgan fingerprint density at radius 3 is 3.00 bits per heavy atom. The van der Waals surface area contributed by atoms with Gasteiger partial charge in [0.15, 0.2) is 0 Å². The lowest BCUT2D eigenvalue weighted by Gasteiger charge is -2.34. The Morgan fingerprint density at radius 2 is 2.29 bits per heavy atom. The Balaban J connectivity index is 1.94. The summed E-state index contributed by atoms with van der Waals surface area (Å²) in [4.78, 5) is 2.37. The highest BCUT2D eigenvalue weighted by atomic mass is 19.1. The second kappa shape index (κ2) is 5.50. The van der Waals surface area contributed by atoms with Crippen molar-refractivity contribution in [1.29, 1.82) is 0 Å². The summed E-state index contributed by atoms with van der Waals surface area (Å²) in [5.41, 5.74) is 0.880. The molecule has 2 rings (SSSR count). The van der Waals surface area contributed by atoms with Crippen molar-refractivity contribution in [3.63, 3.8) is 0 Å². The lowest BCUT2D eigenvalue weighted by atomic mass is 9.92. The smallest absolute Gasteiger partial charge is 0.125 e. The Bertz CT molecular complexity index is 367. The number of piperidine rings is 1. The first kappa shape index (κ1) is 12.4. The summed E-state index contributed by atoms with van der Waals surface area (Å²) in [6, 6.07) is 7.09. The zero-order valence-electron chi connectivity index (χ0n) is 10.6. The molecule has 17 heavy (non-hydrogen) atoms. The van der Waals surface area contributed by atoms with Crippen LogP contribution in [0, 0.1) is 11.7 Å². The topological polar surface area (TPSA) is 15.3 Å². The summed E-state index contributed by atoms with van der Waals surface area (Å²) in [6.07, 6.45) is 2.52. The number of hydrogen-bond acceptors (Lipinski definition) is 2. The van der Waals surface area contributed by atoms with Crippen LogP contribution in [0.4, 0.5) is 10.1 Å². The molecule has 1 aliphatic heterocycles. The molecular weight excluding hydrogens is 215 g/mol. The molecule has 2 nitrogen and oxygen atoms in total. The molecular formula is C14H21FN2. The van der Waals surface area contributed by atoms with Crippen LogP contribution >= 0.6 is 0 Å². The van der Waals surface area contributed by atoms with E-state index in [4.69, 9.17) is 0 Å². The molecule has 0 aromatic heterocycles. The lowest BCUT2D eigenvalue weighted by molar-refractivity contribution is 0.197. The predicted octanol–water partition coefficient (Wildman–Crippen LogP) is 2.97. The summed E-state index contributed by atoms with van der Waals surface area (Å²) in [5.74, 6) is 0.472. The van der Waals surface area contributed by atoms with Crippen molar-refractivity contribution in [2.45, 2.75) is 25.8 Å². The molecule has 1 N–H and O–H groups in total. The summed E-state index contributed by atoms with van der Waals surface area (Å²) in [6.45, 7) is 4.52. The van der Waals surface area contributed by atoms with Gasteiger partial charge in [0.1, 0.15) is 5.82 Å². The number of anilines is 1. The van der Waals surface area contributed by atoms with E-state index >= 15 is 0 Å². The van der Waals surface area contributed by atoms with Crippen molar-refractivity contribution < 1.29 is 4.39 Å². The summed E-state index contributed by atoms with van der Waals surface area (Å²) >= 11 is 0. The van der Waals surface area contributed by atoms with Crippen molar-refractivity contribution >= 4 is 5.69 Å². The molecule has 0 spiro atoms. The van der Waals surface area contributed by atoms with Gasteiger partial charge in [-0.1, -0.05) is 6.07 Å². The van der Waals surface area contributed by atoms with Crippen LogP contribution in [0.25, 0.3) is 0 Å². The molecule has 0 amide bonds. The molecule has 2 unspecified atom stereocenters. The molecule has 0 saturated carbocycles. The van der Waals surface area contributed by atoms with Gasteiger partial charge in [0.25, 0.3) is 0 Å². The van der Waals surface area contributed by atoms with Gasteiger partial charge in [0.2, 0.25) is 0 Å². The first-order valence-electron chi connectivity index (χ1n) is 6.36. The van der Waals surface area contributed by atoms with E-state index in [2.05, 4.69) is 24.2 Å². The molecule has 1 aromatic carbocycles. The van der Waals surface area contributed by atoms with Gasteiger partial charge in [0, 0.05) is 18.3 Å². The summed E-state index contributed by atoms with van der Waals surface area (Å²) in [7, 11) is 2.17. The molecule has 1 aromatic rings. The summed E-state index contributed by atoms with van der Waals surface area (Å²) < 4.78 is 13.1. The Kier molecular flexibility index (Phi) is 4.00. The van der Waals surface area contributed by atoms with Gasteiger partial charge < -0.3 is 10.2 Å². The van der Waals surface area contributed by atoms with E-state index in [1.54, 1.807) is 12.1 Å². The van der Waals surface area contributed by atoms with E-state index in [9.17, 15) is 4.39 Å². The fraction of sp³-hybridized carbons (Fsp3) is 0.571. The third kappa shape index (κ3) is 3.43. The zero-order valence-corrected chi connectivity index (χ0v) is 10.6. The van der Waals surface area contributed by atoms with Gasteiger partial charge in [-0.3, -0.25) is 0 Å². The second-order valence-corrected chi connectivity index (χ2v) is 5.11. The maximum atomic E-state index is 13.1. The number of nitrogens with zero attached hydrogens (tertiary/aromatic N) is 1. The third-order valence-corrected chi connectivity index (χ3v) is 3.59.